The second-order valence-corrected chi connectivity index (χ2v) is 5.05. The molecular formula is C10H17F3N2O3. The molecule has 0 radical (unpaired) electrons. The highest BCUT2D eigenvalue weighted by atomic mass is 19.4. The summed E-state index contributed by atoms with van der Waals surface area (Å²) >= 11 is 0. The summed E-state index contributed by atoms with van der Waals surface area (Å²) in [4.78, 5) is 22.3. The zero-order valence-electron chi connectivity index (χ0n) is 10.6. The van der Waals surface area contributed by atoms with Crippen molar-refractivity contribution in [2.45, 2.75) is 33.0 Å². The van der Waals surface area contributed by atoms with E-state index in [0.29, 0.717) is 0 Å². The molecule has 106 valence electrons. The second-order valence-electron chi connectivity index (χ2n) is 5.05. The van der Waals surface area contributed by atoms with Gasteiger partial charge in [-0.2, -0.15) is 13.2 Å². The molecule has 0 spiro atoms. The number of nitrogens with one attached hydrogen (secondary N) is 1. The average molecular weight is 270 g/mol. The normalized spacial score (nSPS) is 13.9. The summed E-state index contributed by atoms with van der Waals surface area (Å²) in [5, 5.41) is 10.5. The van der Waals surface area contributed by atoms with Crippen molar-refractivity contribution in [3.63, 3.8) is 0 Å². The molecule has 0 aromatic rings. The topological polar surface area (TPSA) is 69.6 Å². The van der Waals surface area contributed by atoms with Gasteiger partial charge in [-0.25, -0.2) is 4.79 Å². The van der Waals surface area contributed by atoms with E-state index in [1.807, 2.05) is 5.32 Å². The first-order valence-corrected chi connectivity index (χ1v) is 5.17. The minimum absolute atomic E-state index is 0.222. The molecule has 0 saturated heterocycles. The molecule has 2 N–H and O–H groups in total. The number of carbonyl (C=O) groups is 2. The van der Waals surface area contributed by atoms with Crippen LogP contribution in [0.25, 0.3) is 0 Å². The van der Waals surface area contributed by atoms with Gasteiger partial charge in [0.25, 0.3) is 0 Å². The van der Waals surface area contributed by atoms with Gasteiger partial charge in [-0.1, -0.05) is 20.8 Å². The number of carboxylic acid groups (broad SMARTS) is 1. The van der Waals surface area contributed by atoms with Crippen LogP contribution in [0.2, 0.25) is 0 Å². The number of amides is 2. The van der Waals surface area contributed by atoms with E-state index in [1.54, 1.807) is 20.8 Å². The molecule has 0 saturated carbocycles. The highest BCUT2D eigenvalue weighted by molar-refractivity contribution is 5.82. The maximum absolute atomic E-state index is 12.2. The molecule has 0 aliphatic carbocycles. The van der Waals surface area contributed by atoms with Crippen LogP contribution in [0.5, 0.6) is 0 Å². The van der Waals surface area contributed by atoms with E-state index in [2.05, 4.69) is 0 Å². The average Bonchev–Trinajstić information content (AvgIpc) is 2.12. The third-order valence-electron chi connectivity index (χ3n) is 2.39. The van der Waals surface area contributed by atoms with Gasteiger partial charge in [-0.15, -0.1) is 0 Å². The fourth-order valence-corrected chi connectivity index (χ4v) is 1.13. The van der Waals surface area contributed by atoms with Crippen molar-refractivity contribution >= 4 is 12.0 Å². The minimum atomic E-state index is -4.98. The van der Waals surface area contributed by atoms with E-state index in [0.717, 1.165) is 4.90 Å². The monoisotopic (exact) mass is 270 g/mol. The van der Waals surface area contributed by atoms with Gasteiger partial charge in [-0.3, -0.25) is 4.79 Å². The van der Waals surface area contributed by atoms with Crippen molar-refractivity contribution in [2.75, 3.05) is 13.6 Å². The summed E-state index contributed by atoms with van der Waals surface area (Å²) in [6, 6.07) is -0.937. The van der Waals surface area contributed by atoms with E-state index < -0.39 is 29.6 Å². The third-order valence-corrected chi connectivity index (χ3v) is 2.39. The fraction of sp³-hybridized carbons (Fsp3) is 0.800. The molecule has 1 atom stereocenters. The van der Waals surface area contributed by atoms with Gasteiger partial charge in [0, 0.05) is 13.6 Å². The third kappa shape index (κ3) is 5.24. The van der Waals surface area contributed by atoms with Crippen molar-refractivity contribution in [3.8, 4) is 0 Å². The Morgan fingerprint density at radius 1 is 1.28 bits per heavy atom. The Morgan fingerprint density at radius 2 is 1.72 bits per heavy atom. The Balaban J connectivity index is 4.83. The second kappa shape index (κ2) is 5.45. The van der Waals surface area contributed by atoms with Gasteiger partial charge in [0.15, 0.2) is 0 Å². The molecule has 0 heterocycles. The SMILES string of the molecule is CN(CC(NC(=O)C(F)(F)F)C(C)(C)C)C(=O)O. The lowest BCUT2D eigenvalue weighted by atomic mass is 9.86. The molecule has 0 aromatic carbocycles. The van der Waals surface area contributed by atoms with Gasteiger partial charge in [0.2, 0.25) is 0 Å². The summed E-state index contributed by atoms with van der Waals surface area (Å²) < 4.78 is 36.5. The standard InChI is InChI=1S/C10H17F3N2O3/c1-9(2,3)6(5-15(4)8(17)18)14-7(16)10(11,12)13/h6H,5H2,1-4H3,(H,14,16)(H,17,18). The van der Waals surface area contributed by atoms with E-state index in [4.69, 9.17) is 5.11 Å². The summed E-state index contributed by atoms with van der Waals surface area (Å²) in [5.74, 6) is -2.07. The van der Waals surface area contributed by atoms with Crippen molar-refractivity contribution in [2.24, 2.45) is 5.41 Å². The molecule has 1 unspecified atom stereocenters. The number of hydrogen-bond donors (Lipinski definition) is 2. The summed E-state index contributed by atoms with van der Waals surface area (Å²) in [6.45, 7) is 4.62. The Morgan fingerprint density at radius 3 is 2.00 bits per heavy atom. The lowest BCUT2D eigenvalue weighted by Gasteiger charge is -2.33. The Hall–Kier alpha value is -1.47. The number of nitrogens with zero attached hydrogens (tertiary/aromatic N) is 1. The van der Waals surface area contributed by atoms with E-state index >= 15 is 0 Å². The highest BCUT2D eigenvalue weighted by Gasteiger charge is 2.41. The van der Waals surface area contributed by atoms with Crippen LogP contribution in [-0.2, 0) is 4.79 Å². The molecule has 0 bridgehead atoms. The van der Waals surface area contributed by atoms with Gasteiger partial charge < -0.3 is 15.3 Å². The van der Waals surface area contributed by atoms with Crippen LogP contribution in [0, 0.1) is 5.41 Å². The zero-order valence-corrected chi connectivity index (χ0v) is 10.6. The molecule has 0 aromatic heterocycles. The van der Waals surface area contributed by atoms with Crippen LogP contribution >= 0.6 is 0 Å². The predicted octanol–water partition coefficient (Wildman–Crippen LogP) is 1.69. The van der Waals surface area contributed by atoms with Crippen LogP contribution in [-0.4, -0.2) is 47.8 Å². The van der Waals surface area contributed by atoms with Crippen LogP contribution < -0.4 is 5.32 Å². The first kappa shape index (κ1) is 16.5. The van der Waals surface area contributed by atoms with Crippen molar-refractivity contribution < 1.29 is 27.9 Å². The Kier molecular flexibility index (Phi) is 5.00. The number of halogens is 3. The smallest absolute Gasteiger partial charge is 0.465 e. The molecule has 0 aliphatic heterocycles. The highest BCUT2D eigenvalue weighted by Crippen LogP contribution is 2.22. The fourth-order valence-electron chi connectivity index (χ4n) is 1.13. The predicted molar refractivity (Wildman–Crippen MR) is 58.1 cm³/mol. The maximum atomic E-state index is 12.2. The molecule has 5 nitrogen and oxygen atoms in total. The number of rotatable bonds is 3. The largest absolute Gasteiger partial charge is 0.471 e. The van der Waals surface area contributed by atoms with Crippen LogP contribution in [0.1, 0.15) is 20.8 Å². The lowest BCUT2D eigenvalue weighted by Crippen LogP contribution is -2.53. The van der Waals surface area contributed by atoms with E-state index in [9.17, 15) is 22.8 Å². The minimum Gasteiger partial charge on any atom is -0.465 e. The number of alkyl halides is 3. The molecule has 8 heteroatoms. The molecule has 0 rings (SSSR count). The first-order valence-electron chi connectivity index (χ1n) is 5.17. The molecule has 18 heavy (non-hydrogen) atoms. The molecule has 0 aliphatic rings. The van der Waals surface area contributed by atoms with Crippen molar-refractivity contribution in [1.29, 1.82) is 0 Å². The lowest BCUT2D eigenvalue weighted by molar-refractivity contribution is -0.175. The van der Waals surface area contributed by atoms with Crippen LogP contribution in [0.3, 0.4) is 0 Å². The summed E-state index contributed by atoms with van der Waals surface area (Å²) in [6.07, 6.45) is -6.25. The van der Waals surface area contributed by atoms with Crippen molar-refractivity contribution in [1.82, 2.24) is 10.2 Å². The Labute approximate surface area is 103 Å². The van der Waals surface area contributed by atoms with Gasteiger partial charge in [0.1, 0.15) is 0 Å². The number of likely N-dealkylation sites (N-methyl/N-ethyl adjacent to an activating group) is 1. The zero-order chi connectivity index (χ0) is 14.7. The number of hydrogen-bond acceptors (Lipinski definition) is 2. The maximum Gasteiger partial charge on any atom is 0.471 e. The first-order chi connectivity index (χ1) is 7.85. The quantitative estimate of drug-likeness (QED) is 0.820. The molecule has 2 amide bonds. The van der Waals surface area contributed by atoms with Crippen molar-refractivity contribution in [3.05, 3.63) is 0 Å². The van der Waals surface area contributed by atoms with E-state index in [1.165, 1.54) is 7.05 Å². The number of carbonyl (C=O) groups excluding carboxylic acids is 1. The van der Waals surface area contributed by atoms with Crippen LogP contribution in [0.4, 0.5) is 18.0 Å². The van der Waals surface area contributed by atoms with E-state index in [-0.39, 0.29) is 6.54 Å². The summed E-state index contributed by atoms with van der Waals surface area (Å²) in [7, 11) is 1.22. The molecular weight excluding hydrogens is 253 g/mol. The summed E-state index contributed by atoms with van der Waals surface area (Å²) in [5.41, 5.74) is -0.704. The van der Waals surface area contributed by atoms with Gasteiger partial charge in [-0.05, 0) is 5.41 Å². The molecule has 0 fully saturated rings. The Bertz CT molecular complexity index is 323. The van der Waals surface area contributed by atoms with Crippen LogP contribution in [0.15, 0.2) is 0 Å². The van der Waals surface area contributed by atoms with Gasteiger partial charge in [0.05, 0.1) is 6.04 Å². The van der Waals surface area contributed by atoms with Gasteiger partial charge >= 0.3 is 18.2 Å².